The summed E-state index contributed by atoms with van der Waals surface area (Å²) >= 11 is 12.0. The Bertz CT molecular complexity index is 483. The lowest BCUT2D eigenvalue weighted by Gasteiger charge is -2.23. The summed E-state index contributed by atoms with van der Waals surface area (Å²) in [6.07, 6.45) is -0.00148. The molecular formula is C14H17Cl2NO3. The Hall–Kier alpha value is -1.26. The Kier molecular flexibility index (Phi) is 6.30. The third kappa shape index (κ3) is 5.02. The molecule has 0 unspecified atom stereocenters. The molecule has 110 valence electrons. The molecule has 1 amide bonds. The van der Waals surface area contributed by atoms with Gasteiger partial charge in [-0.1, -0.05) is 43.1 Å². The zero-order valence-corrected chi connectivity index (χ0v) is 12.9. The Morgan fingerprint density at radius 2 is 1.80 bits per heavy atom. The number of carboxylic acids is 1. The number of halogens is 2. The van der Waals surface area contributed by atoms with Gasteiger partial charge in [-0.3, -0.25) is 9.59 Å². The van der Waals surface area contributed by atoms with E-state index in [0.717, 1.165) is 0 Å². The fourth-order valence-corrected chi connectivity index (χ4v) is 2.35. The minimum atomic E-state index is -1.04. The fourth-order valence-electron chi connectivity index (χ4n) is 1.82. The summed E-state index contributed by atoms with van der Waals surface area (Å²) < 4.78 is 0. The molecule has 6 heteroatoms. The van der Waals surface area contributed by atoms with Gasteiger partial charge in [-0.2, -0.15) is 0 Å². The number of carbonyl (C=O) groups excluding carboxylic acids is 1. The monoisotopic (exact) mass is 317 g/mol. The van der Waals surface area contributed by atoms with Gasteiger partial charge in [0.15, 0.2) is 0 Å². The van der Waals surface area contributed by atoms with Crippen molar-refractivity contribution in [2.24, 2.45) is 5.92 Å². The lowest BCUT2D eigenvalue weighted by atomic mass is 10.1. The summed E-state index contributed by atoms with van der Waals surface area (Å²) in [6, 6.07) is 5.00. The lowest BCUT2D eigenvalue weighted by molar-refractivity contribution is -0.144. The predicted octanol–water partition coefficient (Wildman–Crippen LogP) is 3.11. The van der Waals surface area contributed by atoms with Gasteiger partial charge in [0.05, 0.1) is 6.42 Å². The Labute approximate surface area is 128 Å². The third-order valence-corrected chi connectivity index (χ3v) is 3.36. The summed E-state index contributed by atoms with van der Waals surface area (Å²) in [5.41, 5.74) is 0.528. The molecular weight excluding hydrogens is 301 g/mol. The summed E-state index contributed by atoms with van der Waals surface area (Å²) in [5, 5.41) is 9.69. The highest BCUT2D eigenvalue weighted by molar-refractivity contribution is 6.36. The maximum absolute atomic E-state index is 12.2. The number of hydrogen-bond donors (Lipinski definition) is 1. The molecule has 0 heterocycles. The van der Waals surface area contributed by atoms with Crippen molar-refractivity contribution in [1.29, 1.82) is 0 Å². The van der Waals surface area contributed by atoms with Crippen molar-refractivity contribution in [3.05, 3.63) is 33.8 Å². The number of amides is 1. The maximum atomic E-state index is 12.2. The summed E-state index contributed by atoms with van der Waals surface area (Å²) in [4.78, 5) is 24.4. The molecule has 0 aliphatic carbocycles. The third-order valence-electron chi connectivity index (χ3n) is 2.65. The van der Waals surface area contributed by atoms with Gasteiger partial charge in [0, 0.05) is 16.6 Å². The van der Waals surface area contributed by atoms with Crippen molar-refractivity contribution >= 4 is 35.1 Å². The van der Waals surface area contributed by atoms with Gasteiger partial charge >= 0.3 is 5.97 Å². The Morgan fingerprint density at radius 3 is 2.25 bits per heavy atom. The molecule has 20 heavy (non-hydrogen) atoms. The highest BCUT2D eigenvalue weighted by atomic mass is 35.5. The predicted molar refractivity (Wildman–Crippen MR) is 79.2 cm³/mol. The molecule has 1 aromatic rings. The van der Waals surface area contributed by atoms with E-state index in [2.05, 4.69) is 0 Å². The van der Waals surface area contributed by atoms with Gasteiger partial charge < -0.3 is 10.0 Å². The normalized spacial score (nSPS) is 10.7. The largest absolute Gasteiger partial charge is 0.480 e. The van der Waals surface area contributed by atoms with Crippen LogP contribution in [0.15, 0.2) is 18.2 Å². The van der Waals surface area contributed by atoms with Gasteiger partial charge in [-0.25, -0.2) is 0 Å². The van der Waals surface area contributed by atoms with Crippen LogP contribution in [0.4, 0.5) is 0 Å². The van der Waals surface area contributed by atoms with Crippen molar-refractivity contribution < 1.29 is 14.7 Å². The minimum absolute atomic E-state index is 0.00148. The molecule has 0 saturated heterocycles. The number of rotatable bonds is 6. The quantitative estimate of drug-likeness (QED) is 0.877. The van der Waals surface area contributed by atoms with Crippen molar-refractivity contribution in [3.63, 3.8) is 0 Å². The molecule has 0 fully saturated rings. The molecule has 0 saturated carbocycles. The van der Waals surface area contributed by atoms with Crippen LogP contribution in [0.5, 0.6) is 0 Å². The summed E-state index contributed by atoms with van der Waals surface area (Å²) in [6.45, 7) is 3.90. The number of hydrogen-bond acceptors (Lipinski definition) is 2. The van der Waals surface area contributed by atoms with Crippen molar-refractivity contribution in [3.8, 4) is 0 Å². The molecule has 0 aliphatic heterocycles. The molecule has 0 aromatic heterocycles. The fraction of sp³-hybridized carbons (Fsp3) is 0.429. The lowest BCUT2D eigenvalue weighted by Crippen LogP contribution is -2.39. The maximum Gasteiger partial charge on any atom is 0.323 e. The zero-order valence-electron chi connectivity index (χ0n) is 11.4. The van der Waals surface area contributed by atoms with Crippen LogP contribution in [0, 0.1) is 5.92 Å². The molecule has 0 bridgehead atoms. The van der Waals surface area contributed by atoms with Crippen molar-refractivity contribution in [2.45, 2.75) is 20.3 Å². The smallest absolute Gasteiger partial charge is 0.323 e. The van der Waals surface area contributed by atoms with E-state index >= 15 is 0 Å². The Balaban J connectivity index is 2.87. The SMILES string of the molecule is CC(C)CN(CC(=O)O)C(=O)Cc1c(Cl)cccc1Cl. The molecule has 1 aromatic carbocycles. The van der Waals surface area contributed by atoms with E-state index in [1.165, 1.54) is 4.90 Å². The van der Waals surface area contributed by atoms with E-state index in [-0.39, 0.29) is 24.8 Å². The van der Waals surface area contributed by atoms with Crippen LogP contribution in [0.1, 0.15) is 19.4 Å². The first-order chi connectivity index (χ1) is 9.31. The van der Waals surface area contributed by atoms with E-state index < -0.39 is 5.97 Å². The summed E-state index contributed by atoms with van der Waals surface area (Å²) in [5.74, 6) is -1.15. The van der Waals surface area contributed by atoms with E-state index in [0.29, 0.717) is 22.2 Å². The van der Waals surface area contributed by atoms with Gasteiger partial charge in [-0.15, -0.1) is 0 Å². The van der Waals surface area contributed by atoms with Crippen LogP contribution in [0.2, 0.25) is 10.0 Å². The second kappa shape index (κ2) is 7.50. The summed E-state index contributed by atoms with van der Waals surface area (Å²) in [7, 11) is 0. The van der Waals surface area contributed by atoms with E-state index in [9.17, 15) is 9.59 Å². The van der Waals surface area contributed by atoms with Gasteiger partial charge in [-0.05, 0) is 23.6 Å². The van der Waals surface area contributed by atoms with Gasteiger partial charge in [0.25, 0.3) is 0 Å². The number of benzene rings is 1. The number of aliphatic carboxylic acids is 1. The average Bonchev–Trinajstić information content (AvgIpc) is 2.31. The molecule has 1 rings (SSSR count). The van der Waals surface area contributed by atoms with Crippen LogP contribution in [0.3, 0.4) is 0 Å². The molecule has 0 atom stereocenters. The standard InChI is InChI=1S/C14H17Cl2NO3/c1-9(2)7-17(8-14(19)20)13(18)6-10-11(15)4-3-5-12(10)16/h3-5,9H,6-8H2,1-2H3,(H,19,20). The van der Waals surface area contributed by atoms with Crippen LogP contribution in [-0.4, -0.2) is 35.0 Å². The van der Waals surface area contributed by atoms with Crippen LogP contribution < -0.4 is 0 Å². The van der Waals surface area contributed by atoms with Crippen LogP contribution in [0.25, 0.3) is 0 Å². The van der Waals surface area contributed by atoms with Crippen LogP contribution in [-0.2, 0) is 16.0 Å². The minimum Gasteiger partial charge on any atom is -0.480 e. The molecule has 4 nitrogen and oxygen atoms in total. The average molecular weight is 318 g/mol. The highest BCUT2D eigenvalue weighted by Crippen LogP contribution is 2.25. The van der Waals surface area contributed by atoms with Crippen LogP contribution >= 0.6 is 23.2 Å². The second-order valence-electron chi connectivity index (χ2n) is 4.94. The first-order valence-corrected chi connectivity index (χ1v) is 6.99. The molecule has 0 radical (unpaired) electrons. The zero-order chi connectivity index (χ0) is 15.3. The first kappa shape index (κ1) is 16.8. The van der Waals surface area contributed by atoms with E-state index in [1.54, 1.807) is 18.2 Å². The number of carbonyl (C=O) groups is 2. The first-order valence-electron chi connectivity index (χ1n) is 6.23. The van der Waals surface area contributed by atoms with Crippen molar-refractivity contribution in [1.82, 2.24) is 4.90 Å². The highest BCUT2D eigenvalue weighted by Gasteiger charge is 2.20. The van der Waals surface area contributed by atoms with Crippen molar-refractivity contribution in [2.75, 3.05) is 13.1 Å². The molecule has 0 spiro atoms. The van der Waals surface area contributed by atoms with Gasteiger partial charge in [0.1, 0.15) is 6.54 Å². The second-order valence-corrected chi connectivity index (χ2v) is 5.75. The van der Waals surface area contributed by atoms with E-state index in [1.807, 2.05) is 13.8 Å². The number of carboxylic acid groups (broad SMARTS) is 1. The Morgan fingerprint density at radius 1 is 1.25 bits per heavy atom. The van der Waals surface area contributed by atoms with E-state index in [4.69, 9.17) is 28.3 Å². The molecule has 1 N–H and O–H groups in total. The molecule has 0 aliphatic rings. The van der Waals surface area contributed by atoms with Gasteiger partial charge in [0.2, 0.25) is 5.91 Å². The topological polar surface area (TPSA) is 57.6 Å². The number of nitrogens with zero attached hydrogens (tertiary/aromatic N) is 1.